The van der Waals surface area contributed by atoms with Crippen LogP contribution < -0.4 is 10.6 Å². The number of rotatable bonds is 1. The lowest BCUT2D eigenvalue weighted by Gasteiger charge is -2.10. The average molecular weight is 216 g/mol. The van der Waals surface area contributed by atoms with Gasteiger partial charge in [-0.25, -0.2) is 0 Å². The van der Waals surface area contributed by atoms with Crippen LogP contribution in [-0.2, 0) is 6.18 Å². The molecule has 0 radical (unpaired) electrons. The van der Waals surface area contributed by atoms with Crippen LogP contribution in [-0.4, -0.2) is 13.0 Å². The van der Waals surface area contributed by atoms with Gasteiger partial charge in [0.25, 0.3) is 0 Å². The maximum absolute atomic E-state index is 12.4. The molecule has 0 aliphatic carbocycles. The van der Waals surface area contributed by atoms with Crippen molar-refractivity contribution in [2.45, 2.75) is 6.18 Å². The van der Waals surface area contributed by atoms with Crippen molar-refractivity contribution in [3.63, 3.8) is 0 Å². The number of fused-ring (bicyclic) bond motifs is 1. The molecule has 0 spiro atoms. The smallest absolute Gasteiger partial charge is 0.366 e. The number of nitrogens with one attached hydrogen (secondary N) is 2. The zero-order chi connectivity index (χ0) is 11.1. The molecule has 1 heterocycles. The lowest BCUT2D eigenvalue weighted by Crippen LogP contribution is -2.06. The summed E-state index contributed by atoms with van der Waals surface area (Å²) in [5, 5.41) is 5.51. The van der Waals surface area contributed by atoms with E-state index in [4.69, 9.17) is 0 Å². The number of hydrogen-bond acceptors (Lipinski definition) is 3. The normalized spacial score (nSPS) is 14.1. The Balaban J connectivity index is 2.58. The predicted octanol–water partition coefficient (Wildman–Crippen LogP) is 2.31. The number of aldehydes is 1. The molecule has 80 valence electrons. The molecule has 3 nitrogen and oxygen atoms in total. The van der Waals surface area contributed by atoms with E-state index in [1.54, 1.807) is 0 Å². The van der Waals surface area contributed by atoms with Gasteiger partial charge in [-0.1, -0.05) is 0 Å². The van der Waals surface area contributed by atoms with Gasteiger partial charge in [0.05, 0.1) is 23.6 Å². The highest BCUT2D eigenvalue weighted by Crippen LogP contribution is 2.37. The monoisotopic (exact) mass is 216 g/mol. The second-order valence-corrected chi connectivity index (χ2v) is 3.13. The zero-order valence-corrected chi connectivity index (χ0v) is 7.48. The Hall–Kier alpha value is -1.72. The molecular formula is C9H7F3N2O. The first-order valence-electron chi connectivity index (χ1n) is 4.20. The predicted molar refractivity (Wildman–Crippen MR) is 48.9 cm³/mol. The maximum atomic E-state index is 12.4. The minimum atomic E-state index is -4.43. The number of carbonyl (C=O) groups excluding carboxylic acids is 1. The van der Waals surface area contributed by atoms with Gasteiger partial charge in [-0.15, -0.1) is 0 Å². The molecule has 0 saturated carbocycles. The van der Waals surface area contributed by atoms with Gasteiger partial charge in [0, 0.05) is 5.56 Å². The van der Waals surface area contributed by atoms with Crippen LogP contribution >= 0.6 is 0 Å². The van der Waals surface area contributed by atoms with Gasteiger partial charge in [-0.05, 0) is 12.1 Å². The summed E-state index contributed by atoms with van der Waals surface area (Å²) in [4.78, 5) is 10.6. The largest absolute Gasteiger partial charge is 0.416 e. The van der Waals surface area contributed by atoms with E-state index < -0.39 is 11.7 Å². The van der Waals surface area contributed by atoms with E-state index in [2.05, 4.69) is 10.6 Å². The molecule has 1 aromatic carbocycles. The number of anilines is 2. The summed E-state index contributed by atoms with van der Waals surface area (Å²) in [6, 6.07) is 1.83. The molecule has 1 aliphatic rings. The van der Waals surface area contributed by atoms with Crippen LogP contribution in [0.5, 0.6) is 0 Å². The van der Waals surface area contributed by atoms with Gasteiger partial charge in [-0.2, -0.15) is 13.2 Å². The Bertz CT molecular complexity index is 415. The molecule has 0 unspecified atom stereocenters. The number of benzene rings is 1. The summed E-state index contributed by atoms with van der Waals surface area (Å²) in [5.41, 5.74) is -0.0608. The molecule has 0 fully saturated rings. The molecule has 15 heavy (non-hydrogen) atoms. The fourth-order valence-corrected chi connectivity index (χ4v) is 1.49. The quantitative estimate of drug-likeness (QED) is 0.708. The average Bonchev–Trinajstić information content (AvgIpc) is 2.62. The van der Waals surface area contributed by atoms with E-state index in [0.29, 0.717) is 24.3 Å². The Morgan fingerprint density at radius 3 is 2.60 bits per heavy atom. The molecule has 0 atom stereocenters. The molecule has 6 heteroatoms. The van der Waals surface area contributed by atoms with Gasteiger partial charge >= 0.3 is 6.18 Å². The molecule has 2 rings (SSSR count). The summed E-state index contributed by atoms with van der Waals surface area (Å²) in [6.45, 7) is 0.331. The second kappa shape index (κ2) is 3.15. The first-order chi connectivity index (χ1) is 7.02. The van der Waals surface area contributed by atoms with E-state index in [0.717, 1.165) is 12.1 Å². The van der Waals surface area contributed by atoms with Crippen LogP contribution in [0.3, 0.4) is 0 Å². The van der Waals surface area contributed by atoms with Crippen molar-refractivity contribution in [1.29, 1.82) is 0 Å². The summed E-state index contributed by atoms with van der Waals surface area (Å²) >= 11 is 0. The number of halogens is 3. The second-order valence-electron chi connectivity index (χ2n) is 3.13. The van der Waals surface area contributed by atoms with Crippen LogP contribution in [0.25, 0.3) is 0 Å². The third-order valence-electron chi connectivity index (χ3n) is 2.17. The summed E-state index contributed by atoms with van der Waals surface area (Å²) in [5.74, 6) is 0. The van der Waals surface area contributed by atoms with Crippen molar-refractivity contribution in [3.05, 3.63) is 23.3 Å². The Morgan fingerprint density at radius 1 is 1.27 bits per heavy atom. The fraction of sp³-hybridized carbons (Fsp3) is 0.222. The molecule has 1 aromatic rings. The molecule has 0 aromatic heterocycles. The SMILES string of the molecule is O=Cc1cc(C(F)(F)F)cc2c1NCN2. The van der Waals surface area contributed by atoms with Crippen LogP contribution in [0.2, 0.25) is 0 Å². The molecule has 0 amide bonds. The zero-order valence-electron chi connectivity index (χ0n) is 7.48. The van der Waals surface area contributed by atoms with Crippen molar-refractivity contribution in [3.8, 4) is 0 Å². The van der Waals surface area contributed by atoms with Crippen molar-refractivity contribution < 1.29 is 18.0 Å². The Morgan fingerprint density at radius 2 is 2.00 bits per heavy atom. The fourth-order valence-electron chi connectivity index (χ4n) is 1.49. The highest BCUT2D eigenvalue weighted by Gasteiger charge is 2.32. The first-order valence-corrected chi connectivity index (χ1v) is 4.20. The lowest BCUT2D eigenvalue weighted by atomic mass is 10.1. The van der Waals surface area contributed by atoms with E-state index in [9.17, 15) is 18.0 Å². The van der Waals surface area contributed by atoms with Gasteiger partial charge in [-0.3, -0.25) is 4.79 Å². The highest BCUT2D eigenvalue weighted by atomic mass is 19.4. The highest BCUT2D eigenvalue weighted by molar-refractivity contribution is 5.92. The molecule has 2 N–H and O–H groups in total. The van der Waals surface area contributed by atoms with Gasteiger partial charge in [0.1, 0.15) is 0 Å². The van der Waals surface area contributed by atoms with Crippen LogP contribution in [0.4, 0.5) is 24.5 Å². The van der Waals surface area contributed by atoms with E-state index >= 15 is 0 Å². The van der Waals surface area contributed by atoms with Crippen molar-refractivity contribution in [2.24, 2.45) is 0 Å². The third kappa shape index (κ3) is 1.62. The summed E-state index contributed by atoms with van der Waals surface area (Å²) in [7, 11) is 0. The summed E-state index contributed by atoms with van der Waals surface area (Å²) < 4.78 is 37.2. The first kappa shape index (κ1) is 9.82. The number of hydrogen-bond donors (Lipinski definition) is 2. The van der Waals surface area contributed by atoms with Crippen LogP contribution in [0.1, 0.15) is 15.9 Å². The van der Waals surface area contributed by atoms with Crippen molar-refractivity contribution in [1.82, 2.24) is 0 Å². The lowest BCUT2D eigenvalue weighted by molar-refractivity contribution is -0.137. The van der Waals surface area contributed by atoms with Crippen LogP contribution in [0, 0.1) is 0 Å². The Labute approximate surface area is 83.3 Å². The van der Waals surface area contributed by atoms with Gasteiger partial charge in [0.15, 0.2) is 6.29 Å². The Kier molecular flexibility index (Phi) is 2.06. The topological polar surface area (TPSA) is 41.1 Å². The molecule has 0 saturated heterocycles. The minimum Gasteiger partial charge on any atom is -0.366 e. The van der Waals surface area contributed by atoms with Crippen molar-refractivity contribution in [2.75, 3.05) is 17.3 Å². The maximum Gasteiger partial charge on any atom is 0.416 e. The summed E-state index contributed by atoms with van der Waals surface area (Å²) in [6.07, 6.45) is -4.02. The van der Waals surface area contributed by atoms with Gasteiger partial charge < -0.3 is 10.6 Å². The number of alkyl halides is 3. The molecular weight excluding hydrogens is 209 g/mol. The minimum absolute atomic E-state index is 0.0184. The van der Waals surface area contributed by atoms with E-state index in [1.807, 2.05) is 0 Å². The standard InChI is InChI=1S/C9H7F3N2O/c10-9(11,12)6-1-5(3-15)8-7(2-6)13-4-14-8/h1-3,13-14H,4H2. The van der Waals surface area contributed by atoms with E-state index in [-0.39, 0.29) is 5.56 Å². The third-order valence-corrected chi connectivity index (χ3v) is 2.17. The van der Waals surface area contributed by atoms with Gasteiger partial charge in [0.2, 0.25) is 0 Å². The number of carbonyl (C=O) groups is 1. The van der Waals surface area contributed by atoms with E-state index in [1.165, 1.54) is 0 Å². The molecule has 1 aliphatic heterocycles. The van der Waals surface area contributed by atoms with Crippen LogP contribution in [0.15, 0.2) is 12.1 Å². The van der Waals surface area contributed by atoms with Crippen molar-refractivity contribution >= 4 is 17.7 Å². The molecule has 0 bridgehead atoms.